The Hall–Kier alpha value is -1.55. The molecule has 0 unspecified atom stereocenters. The summed E-state index contributed by atoms with van der Waals surface area (Å²) in [6.45, 7) is 4.86. The van der Waals surface area contributed by atoms with E-state index in [9.17, 15) is 4.79 Å². The summed E-state index contributed by atoms with van der Waals surface area (Å²) < 4.78 is 0. The first-order valence-electron chi connectivity index (χ1n) is 6.96. The molecule has 1 aliphatic rings. The number of hydrogen-bond donors (Lipinski definition) is 3. The van der Waals surface area contributed by atoms with Crippen LogP contribution in [-0.2, 0) is 6.54 Å². The molecule has 0 radical (unpaired) electrons. The van der Waals surface area contributed by atoms with E-state index in [2.05, 4.69) is 41.1 Å². The third-order valence-corrected chi connectivity index (χ3v) is 3.74. The van der Waals surface area contributed by atoms with Gasteiger partial charge in [-0.3, -0.25) is 0 Å². The number of piperidine rings is 1. The van der Waals surface area contributed by atoms with E-state index in [1.54, 1.807) is 7.05 Å². The second-order valence-electron chi connectivity index (χ2n) is 5.16. The molecule has 3 N–H and O–H groups in total. The molecule has 1 aliphatic heterocycles. The van der Waals surface area contributed by atoms with Gasteiger partial charge in [0.15, 0.2) is 0 Å². The maximum absolute atomic E-state index is 11.3. The van der Waals surface area contributed by atoms with E-state index in [0.717, 1.165) is 13.1 Å². The van der Waals surface area contributed by atoms with Gasteiger partial charge in [0.25, 0.3) is 0 Å². The van der Waals surface area contributed by atoms with E-state index in [4.69, 9.17) is 0 Å². The van der Waals surface area contributed by atoms with Crippen LogP contribution in [0.25, 0.3) is 0 Å². The maximum atomic E-state index is 11.3. The highest BCUT2D eigenvalue weighted by molar-refractivity contribution is 5.73. The van der Waals surface area contributed by atoms with Gasteiger partial charge in [-0.1, -0.05) is 23.8 Å². The molecular formula is C15H23N3O. The molecular weight excluding hydrogens is 238 g/mol. The molecule has 4 heteroatoms. The first-order chi connectivity index (χ1) is 9.20. The fourth-order valence-electron chi connectivity index (χ4n) is 2.68. The second kappa shape index (κ2) is 6.57. The smallest absolute Gasteiger partial charge is 0.314 e. The molecule has 0 bridgehead atoms. The van der Waals surface area contributed by atoms with Gasteiger partial charge < -0.3 is 16.0 Å². The van der Waals surface area contributed by atoms with Crippen molar-refractivity contribution in [2.45, 2.75) is 32.2 Å². The van der Waals surface area contributed by atoms with Crippen molar-refractivity contribution >= 4 is 6.03 Å². The third kappa shape index (κ3) is 3.70. The van der Waals surface area contributed by atoms with E-state index in [1.165, 1.54) is 29.5 Å². The maximum Gasteiger partial charge on any atom is 0.314 e. The van der Waals surface area contributed by atoms with E-state index in [1.807, 2.05) is 0 Å². The van der Waals surface area contributed by atoms with Crippen LogP contribution in [0.1, 0.15) is 35.4 Å². The zero-order valence-electron chi connectivity index (χ0n) is 11.8. The molecule has 0 aromatic heterocycles. The highest BCUT2D eigenvalue weighted by Gasteiger charge is 2.18. The highest BCUT2D eigenvalue weighted by atomic mass is 16.2. The minimum atomic E-state index is -0.127. The minimum Gasteiger partial charge on any atom is -0.341 e. The number of carbonyl (C=O) groups excluding carboxylic acids is 1. The largest absolute Gasteiger partial charge is 0.341 e. The number of aryl methyl sites for hydroxylation is 1. The lowest BCUT2D eigenvalue weighted by molar-refractivity contribution is 0.242. The molecule has 4 nitrogen and oxygen atoms in total. The SMILES string of the molecule is CNC(=O)NCc1cc(C)ccc1C1CCNCC1. The summed E-state index contributed by atoms with van der Waals surface area (Å²) in [7, 11) is 1.64. The summed E-state index contributed by atoms with van der Waals surface area (Å²) in [5.41, 5.74) is 3.88. The summed E-state index contributed by atoms with van der Waals surface area (Å²) in [6.07, 6.45) is 2.35. The normalized spacial score (nSPS) is 16.1. The number of carbonyl (C=O) groups is 1. The van der Waals surface area contributed by atoms with Crippen LogP contribution in [0.2, 0.25) is 0 Å². The van der Waals surface area contributed by atoms with Crippen LogP contribution < -0.4 is 16.0 Å². The molecule has 19 heavy (non-hydrogen) atoms. The van der Waals surface area contributed by atoms with Crippen LogP contribution in [0.3, 0.4) is 0 Å². The van der Waals surface area contributed by atoms with Crippen molar-refractivity contribution in [1.29, 1.82) is 0 Å². The predicted octanol–water partition coefficient (Wildman–Crippen LogP) is 1.89. The van der Waals surface area contributed by atoms with Gasteiger partial charge in [0.2, 0.25) is 0 Å². The lowest BCUT2D eigenvalue weighted by Crippen LogP contribution is -2.33. The van der Waals surface area contributed by atoms with Crippen LogP contribution in [-0.4, -0.2) is 26.2 Å². The molecule has 1 saturated heterocycles. The van der Waals surface area contributed by atoms with Gasteiger partial charge in [0, 0.05) is 13.6 Å². The average Bonchev–Trinajstić information content (AvgIpc) is 2.45. The second-order valence-corrected chi connectivity index (χ2v) is 5.16. The standard InChI is InChI=1S/C15H23N3O/c1-11-3-4-14(12-5-7-17-8-6-12)13(9-11)10-18-15(19)16-2/h3-4,9,12,17H,5-8,10H2,1-2H3,(H2,16,18,19). The van der Waals surface area contributed by atoms with Crippen molar-refractivity contribution in [3.8, 4) is 0 Å². The van der Waals surface area contributed by atoms with Gasteiger partial charge in [0.05, 0.1) is 0 Å². The number of urea groups is 1. The Balaban J connectivity index is 2.14. The highest BCUT2D eigenvalue weighted by Crippen LogP contribution is 2.28. The van der Waals surface area contributed by atoms with E-state index in [-0.39, 0.29) is 6.03 Å². The van der Waals surface area contributed by atoms with Crippen LogP contribution >= 0.6 is 0 Å². The Labute approximate surface area is 115 Å². The summed E-state index contributed by atoms with van der Waals surface area (Å²) in [5, 5.41) is 8.87. The quantitative estimate of drug-likeness (QED) is 0.778. The Morgan fingerprint density at radius 2 is 2.11 bits per heavy atom. The predicted molar refractivity (Wildman–Crippen MR) is 77.3 cm³/mol. The van der Waals surface area contributed by atoms with Gasteiger partial charge in [-0.15, -0.1) is 0 Å². The number of amides is 2. The number of rotatable bonds is 3. The van der Waals surface area contributed by atoms with E-state index in [0.29, 0.717) is 12.5 Å². The van der Waals surface area contributed by atoms with Gasteiger partial charge in [0.1, 0.15) is 0 Å². The number of benzene rings is 1. The molecule has 1 aromatic rings. The number of nitrogens with one attached hydrogen (secondary N) is 3. The van der Waals surface area contributed by atoms with E-state index >= 15 is 0 Å². The molecule has 0 aliphatic carbocycles. The van der Waals surface area contributed by atoms with Crippen molar-refractivity contribution in [3.05, 3.63) is 34.9 Å². The zero-order chi connectivity index (χ0) is 13.7. The minimum absolute atomic E-state index is 0.127. The van der Waals surface area contributed by atoms with E-state index < -0.39 is 0 Å². The summed E-state index contributed by atoms with van der Waals surface area (Å²) in [5.74, 6) is 0.614. The van der Waals surface area contributed by atoms with Crippen molar-refractivity contribution in [1.82, 2.24) is 16.0 Å². The van der Waals surface area contributed by atoms with Gasteiger partial charge in [-0.05, 0) is 49.9 Å². The lowest BCUT2D eigenvalue weighted by Gasteiger charge is -2.25. The van der Waals surface area contributed by atoms with Gasteiger partial charge in [-0.25, -0.2) is 4.79 Å². The summed E-state index contributed by atoms with van der Waals surface area (Å²) in [6, 6.07) is 6.46. The number of hydrogen-bond acceptors (Lipinski definition) is 2. The molecule has 1 fully saturated rings. The Kier molecular flexibility index (Phi) is 4.80. The molecule has 0 spiro atoms. The van der Waals surface area contributed by atoms with Crippen molar-refractivity contribution in [2.24, 2.45) is 0 Å². The van der Waals surface area contributed by atoms with Crippen LogP contribution in [0, 0.1) is 6.92 Å². The first-order valence-corrected chi connectivity index (χ1v) is 6.96. The van der Waals surface area contributed by atoms with Crippen LogP contribution in [0.15, 0.2) is 18.2 Å². The fraction of sp³-hybridized carbons (Fsp3) is 0.533. The molecule has 1 aromatic carbocycles. The first kappa shape index (κ1) is 13.9. The lowest BCUT2D eigenvalue weighted by atomic mass is 9.86. The zero-order valence-corrected chi connectivity index (χ0v) is 11.8. The van der Waals surface area contributed by atoms with Gasteiger partial charge >= 0.3 is 6.03 Å². The van der Waals surface area contributed by atoms with Gasteiger partial charge in [-0.2, -0.15) is 0 Å². The summed E-state index contributed by atoms with van der Waals surface area (Å²) >= 11 is 0. The molecule has 2 amide bonds. The molecule has 2 rings (SSSR count). The van der Waals surface area contributed by atoms with Crippen molar-refractivity contribution in [2.75, 3.05) is 20.1 Å². The summed E-state index contributed by atoms with van der Waals surface area (Å²) in [4.78, 5) is 11.3. The fourth-order valence-corrected chi connectivity index (χ4v) is 2.68. The van der Waals surface area contributed by atoms with Crippen LogP contribution in [0.5, 0.6) is 0 Å². The Bertz CT molecular complexity index is 439. The average molecular weight is 261 g/mol. The molecule has 0 atom stereocenters. The molecule has 1 heterocycles. The molecule has 104 valence electrons. The third-order valence-electron chi connectivity index (χ3n) is 3.74. The molecule has 0 saturated carbocycles. The Morgan fingerprint density at radius 3 is 2.79 bits per heavy atom. The van der Waals surface area contributed by atoms with Crippen molar-refractivity contribution in [3.63, 3.8) is 0 Å². The van der Waals surface area contributed by atoms with Crippen LogP contribution in [0.4, 0.5) is 4.79 Å². The van der Waals surface area contributed by atoms with Crippen molar-refractivity contribution < 1.29 is 4.79 Å². The topological polar surface area (TPSA) is 53.2 Å². The Morgan fingerprint density at radius 1 is 1.37 bits per heavy atom. The monoisotopic (exact) mass is 261 g/mol.